The second-order valence-corrected chi connectivity index (χ2v) is 4.98. The van der Waals surface area contributed by atoms with E-state index in [1.54, 1.807) is 0 Å². The highest BCUT2D eigenvalue weighted by Gasteiger charge is 2.71. The second kappa shape index (κ2) is 3.96. The van der Waals surface area contributed by atoms with Crippen LogP contribution in [0.4, 0.5) is 0 Å². The molecule has 0 aromatic carbocycles. The Morgan fingerprint density at radius 3 is 2.50 bits per heavy atom. The van der Waals surface area contributed by atoms with Gasteiger partial charge in [0.25, 0.3) is 0 Å². The summed E-state index contributed by atoms with van der Waals surface area (Å²) in [5, 5.41) is 27.0. The number of ether oxygens (including phenoxy) is 1. The lowest BCUT2D eigenvalue weighted by Crippen LogP contribution is -2.53. The van der Waals surface area contributed by atoms with E-state index in [1.165, 1.54) is 0 Å². The molecule has 18 heavy (non-hydrogen) atoms. The molecule has 0 saturated carbocycles. The van der Waals surface area contributed by atoms with Crippen molar-refractivity contribution in [3.8, 4) is 12.1 Å². The molecule has 5 nitrogen and oxygen atoms in total. The van der Waals surface area contributed by atoms with Crippen LogP contribution in [0.25, 0.3) is 0 Å². The molecule has 6 heteroatoms. The largest absolute Gasteiger partial charge is 0.454 e. The standard InChI is InChI=1S/C12H13ClN4O/c1-3-11(4-2)10-17-8(13)7(5-14)12(11,6-15)9(16)18-10/h7,10,16H,3-4H2,1-2H3/t7?,10-,12+/m1/s1. The van der Waals surface area contributed by atoms with Crippen LogP contribution in [0.2, 0.25) is 0 Å². The first-order valence-electron chi connectivity index (χ1n) is 5.83. The summed E-state index contributed by atoms with van der Waals surface area (Å²) in [6.45, 7) is 3.85. The Kier molecular flexibility index (Phi) is 2.83. The number of halogens is 1. The van der Waals surface area contributed by atoms with Crippen LogP contribution in [0.5, 0.6) is 0 Å². The highest BCUT2D eigenvalue weighted by Crippen LogP contribution is 2.61. The van der Waals surface area contributed by atoms with E-state index >= 15 is 0 Å². The van der Waals surface area contributed by atoms with Gasteiger partial charge in [-0.1, -0.05) is 25.4 Å². The summed E-state index contributed by atoms with van der Waals surface area (Å²) in [6.07, 6.45) is 0.586. The maximum absolute atomic E-state index is 9.62. The minimum Gasteiger partial charge on any atom is -0.454 e. The van der Waals surface area contributed by atoms with Gasteiger partial charge in [0.1, 0.15) is 11.1 Å². The number of hydrogen-bond acceptors (Lipinski definition) is 5. The van der Waals surface area contributed by atoms with Crippen molar-refractivity contribution >= 4 is 22.7 Å². The number of rotatable bonds is 2. The van der Waals surface area contributed by atoms with E-state index in [1.807, 2.05) is 19.9 Å². The number of nitrogens with one attached hydrogen (secondary N) is 1. The summed E-state index contributed by atoms with van der Waals surface area (Å²) in [6, 6.07) is 4.17. The fourth-order valence-electron chi connectivity index (χ4n) is 3.21. The Morgan fingerprint density at radius 1 is 1.44 bits per heavy atom. The molecule has 2 bridgehead atoms. The van der Waals surface area contributed by atoms with E-state index in [0.29, 0.717) is 12.8 Å². The lowest BCUT2D eigenvalue weighted by molar-refractivity contribution is 0.0361. The fraction of sp³-hybridized carbons (Fsp3) is 0.667. The quantitative estimate of drug-likeness (QED) is 0.830. The van der Waals surface area contributed by atoms with E-state index in [9.17, 15) is 10.5 Å². The fourth-order valence-corrected chi connectivity index (χ4v) is 3.51. The van der Waals surface area contributed by atoms with Crippen molar-refractivity contribution in [1.82, 2.24) is 0 Å². The van der Waals surface area contributed by atoms with Crippen molar-refractivity contribution < 1.29 is 4.74 Å². The van der Waals surface area contributed by atoms with Crippen LogP contribution in [-0.2, 0) is 4.74 Å². The van der Waals surface area contributed by atoms with Crippen molar-refractivity contribution in [1.29, 1.82) is 15.9 Å². The normalized spacial score (nSPS) is 36.3. The zero-order valence-corrected chi connectivity index (χ0v) is 11.0. The lowest BCUT2D eigenvalue weighted by Gasteiger charge is -2.43. The van der Waals surface area contributed by atoms with Crippen molar-refractivity contribution in [2.45, 2.75) is 32.9 Å². The van der Waals surface area contributed by atoms with Gasteiger partial charge in [0.05, 0.1) is 17.6 Å². The topological polar surface area (TPSA) is 93.0 Å². The molecule has 0 aliphatic carbocycles. The third kappa shape index (κ3) is 1.11. The summed E-state index contributed by atoms with van der Waals surface area (Å²) in [5.74, 6) is -1.10. The van der Waals surface area contributed by atoms with Crippen LogP contribution >= 0.6 is 11.6 Å². The molecule has 1 saturated heterocycles. The molecule has 1 unspecified atom stereocenters. The van der Waals surface area contributed by atoms with Crippen LogP contribution in [0.1, 0.15) is 26.7 Å². The summed E-state index contributed by atoms with van der Waals surface area (Å²) >= 11 is 5.99. The third-order valence-corrected chi connectivity index (χ3v) is 4.64. The smallest absolute Gasteiger partial charge is 0.206 e. The molecule has 1 fully saturated rings. The highest BCUT2D eigenvalue weighted by molar-refractivity contribution is 6.66. The molecule has 2 rings (SSSR count). The molecule has 2 aliphatic rings. The zero-order chi connectivity index (χ0) is 13.6. The van der Waals surface area contributed by atoms with Gasteiger partial charge >= 0.3 is 0 Å². The summed E-state index contributed by atoms with van der Waals surface area (Å²) in [7, 11) is 0. The van der Waals surface area contributed by atoms with E-state index in [4.69, 9.17) is 21.7 Å². The first-order chi connectivity index (χ1) is 8.53. The Labute approximate surface area is 111 Å². The summed E-state index contributed by atoms with van der Waals surface area (Å²) in [5.41, 5.74) is -1.95. The van der Waals surface area contributed by atoms with E-state index in [-0.39, 0.29) is 11.1 Å². The number of aliphatic imine (C=N–C) groups is 1. The van der Waals surface area contributed by atoms with Crippen LogP contribution in [0, 0.1) is 44.8 Å². The molecule has 2 heterocycles. The van der Waals surface area contributed by atoms with Gasteiger partial charge in [-0.25, -0.2) is 4.99 Å². The minimum atomic E-state index is -1.31. The lowest BCUT2D eigenvalue weighted by atomic mass is 9.55. The molecule has 0 amide bonds. The van der Waals surface area contributed by atoms with Crippen LogP contribution in [0.15, 0.2) is 4.99 Å². The molecule has 0 aromatic rings. The Hall–Kier alpha value is -1.59. The van der Waals surface area contributed by atoms with Gasteiger partial charge in [-0.15, -0.1) is 0 Å². The molecule has 2 aliphatic heterocycles. The number of fused-ring (bicyclic) bond motifs is 2. The van der Waals surface area contributed by atoms with Crippen molar-refractivity contribution in [3.63, 3.8) is 0 Å². The van der Waals surface area contributed by atoms with E-state index in [0.717, 1.165) is 0 Å². The van der Waals surface area contributed by atoms with Gasteiger partial charge in [-0.05, 0) is 12.8 Å². The Morgan fingerprint density at radius 2 is 2.06 bits per heavy atom. The summed E-state index contributed by atoms with van der Waals surface area (Å²) < 4.78 is 5.42. The van der Waals surface area contributed by atoms with Gasteiger partial charge < -0.3 is 4.74 Å². The molecule has 0 spiro atoms. The predicted octanol–water partition coefficient (Wildman–Crippen LogP) is 2.43. The van der Waals surface area contributed by atoms with Gasteiger partial charge in [-0.3, -0.25) is 5.41 Å². The first-order valence-corrected chi connectivity index (χ1v) is 6.21. The molecule has 0 radical (unpaired) electrons. The van der Waals surface area contributed by atoms with Gasteiger partial charge in [0, 0.05) is 0 Å². The highest BCUT2D eigenvalue weighted by atomic mass is 35.5. The van der Waals surface area contributed by atoms with Crippen molar-refractivity contribution in [2.24, 2.45) is 21.7 Å². The van der Waals surface area contributed by atoms with E-state index in [2.05, 4.69) is 11.1 Å². The maximum atomic E-state index is 9.62. The van der Waals surface area contributed by atoms with Gasteiger partial charge in [0.15, 0.2) is 11.6 Å². The monoisotopic (exact) mass is 264 g/mol. The van der Waals surface area contributed by atoms with Gasteiger partial charge in [0.2, 0.25) is 5.90 Å². The Balaban J connectivity index is 2.77. The molecule has 3 atom stereocenters. The first kappa shape index (κ1) is 12.9. The number of nitriles is 2. The molecule has 94 valence electrons. The van der Waals surface area contributed by atoms with Crippen molar-refractivity contribution in [3.05, 3.63) is 0 Å². The van der Waals surface area contributed by atoms with Crippen LogP contribution in [-0.4, -0.2) is 17.3 Å². The minimum absolute atomic E-state index is 0.0730. The predicted molar refractivity (Wildman–Crippen MR) is 66.1 cm³/mol. The molecule has 0 aromatic heterocycles. The molecular weight excluding hydrogens is 252 g/mol. The number of hydrogen-bond donors (Lipinski definition) is 1. The molecular formula is C12H13ClN4O. The SMILES string of the molecule is CCC1(CC)[C@@H]2N=C(Cl)C(C#N)[C@@]1(C#N)C(=N)O2. The zero-order valence-electron chi connectivity index (χ0n) is 10.2. The average Bonchev–Trinajstić information content (AvgIpc) is 2.53. The van der Waals surface area contributed by atoms with Gasteiger partial charge in [-0.2, -0.15) is 10.5 Å². The van der Waals surface area contributed by atoms with Crippen LogP contribution in [0.3, 0.4) is 0 Å². The average molecular weight is 265 g/mol. The van der Waals surface area contributed by atoms with E-state index < -0.39 is 23.0 Å². The summed E-state index contributed by atoms with van der Waals surface area (Å²) in [4.78, 5) is 4.18. The Bertz CT molecular complexity index is 511. The second-order valence-electron chi connectivity index (χ2n) is 4.60. The number of nitrogens with zero attached hydrogens (tertiary/aromatic N) is 3. The van der Waals surface area contributed by atoms with Crippen molar-refractivity contribution in [2.75, 3.05) is 0 Å². The van der Waals surface area contributed by atoms with Crippen LogP contribution < -0.4 is 0 Å². The molecule has 1 N–H and O–H groups in total. The third-order valence-electron chi connectivity index (χ3n) is 4.32. The maximum Gasteiger partial charge on any atom is 0.206 e.